The van der Waals surface area contributed by atoms with Crippen LogP contribution < -0.4 is 4.90 Å². The Morgan fingerprint density at radius 3 is 1.62 bits per heavy atom. The summed E-state index contributed by atoms with van der Waals surface area (Å²) in [7, 11) is 0. The average molecular weight is 350 g/mol. The van der Waals surface area contributed by atoms with Gasteiger partial charge in [-0.1, -0.05) is 24.3 Å². The summed E-state index contributed by atoms with van der Waals surface area (Å²) in [6.45, 7) is 0. The van der Waals surface area contributed by atoms with Gasteiger partial charge in [-0.15, -0.1) is 0 Å². The molecule has 1 aromatic heterocycles. The lowest BCUT2D eigenvalue weighted by Gasteiger charge is -2.44. The van der Waals surface area contributed by atoms with E-state index in [1.807, 2.05) is 36.4 Å². The highest BCUT2D eigenvalue weighted by molar-refractivity contribution is 5.51. The van der Waals surface area contributed by atoms with Crippen molar-refractivity contribution in [3.63, 3.8) is 0 Å². The lowest BCUT2D eigenvalue weighted by atomic mass is 9.87. The van der Waals surface area contributed by atoms with E-state index in [1.165, 1.54) is 24.3 Å². The van der Waals surface area contributed by atoms with Crippen molar-refractivity contribution in [2.75, 3.05) is 4.90 Å². The van der Waals surface area contributed by atoms with Crippen LogP contribution in [0.3, 0.4) is 0 Å². The average Bonchev–Trinajstić information content (AvgIpc) is 2.69. The van der Waals surface area contributed by atoms with E-state index in [9.17, 15) is 8.78 Å². The fourth-order valence-corrected chi connectivity index (χ4v) is 3.90. The van der Waals surface area contributed by atoms with E-state index in [0.29, 0.717) is 0 Å². The number of piperidine rings is 1. The number of benzene rings is 2. The first-order chi connectivity index (χ1) is 12.7. The molecule has 0 saturated carbocycles. The van der Waals surface area contributed by atoms with Crippen LogP contribution in [-0.4, -0.2) is 4.98 Å². The normalized spacial score (nSPS) is 20.2. The second kappa shape index (κ2) is 7.24. The monoisotopic (exact) mass is 350 g/mol. The summed E-state index contributed by atoms with van der Waals surface area (Å²) < 4.78 is 26.8. The molecule has 2 unspecified atom stereocenters. The maximum atomic E-state index is 13.4. The number of anilines is 1. The molecular formula is C22H20F2N2. The van der Waals surface area contributed by atoms with Crippen LogP contribution >= 0.6 is 0 Å². The van der Waals surface area contributed by atoms with Crippen molar-refractivity contribution >= 4 is 5.69 Å². The Morgan fingerprint density at radius 2 is 1.15 bits per heavy atom. The maximum Gasteiger partial charge on any atom is 0.123 e. The minimum Gasteiger partial charge on any atom is -0.357 e. The van der Waals surface area contributed by atoms with Crippen molar-refractivity contribution in [3.05, 3.63) is 95.8 Å². The third-order valence-electron chi connectivity index (χ3n) is 5.10. The number of halogens is 2. The summed E-state index contributed by atoms with van der Waals surface area (Å²) in [4.78, 5) is 6.50. The fraction of sp³-hybridized carbons (Fsp3) is 0.227. The van der Waals surface area contributed by atoms with Gasteiger partial charge in [-0.25, -0.2) is 8.78 Å². The SMILES string of the molecule is Fc1ccc(C2CCCC(c3ccc(F)cc3)N2c2ccncc2)cc1. The lowest BCUT2D eigenvalue weighted by Crippen LogP contribution is -2.36. The van der Waals surface area contributed by atoms with E-state index in [0.717, 1.165) is 36.1 Å². The molecule has 3 aromatic rings. The third kappa shape index (κ3) is 3.32. The highest BCUT2D eigenvalue weighted by Gasteiger charge is 2.32. The number of aromatic nitrogens is 1. The van der Waals surface area contributed by atoms with Gasteiger partial charge in [-0.05, 0) is 66.8 Å². The van der Waals surface area contributed by atoms with Gasteiger partial charge in [0.25, 0.3) is 0 Å². The number of nitrogens with zero attached hydrogens (tertiary/aromatic N) is 2. The summed E-state index contributed by atoms with van der Waals surface area (Å²) in [6, 6.07) is 17.8. The summed E-state index contributed by atoms with van der Waals surface area (Å²) >= 11 is 0. The number of pyridine rings is 1. The Bertz CT molecular complexity index is 794. The second-order valence-corrected chi connectivity index (χ2v) is 6.68. The Labute approximate surface area is 152 Å². The highest BCUT2D eigenvalue weighted by Crippen LogP contribution is 2.44. The minimum atomic E-state index is -0.227. The largest absolute Gasteiger partial charge is 0.357 e. The van der Waals surface area contributed by atoms with Crippen molar-refractivity contribution in [2.24, 2.45) is 0 Å². The Kier molecular flexibility index (Phi) is 4.65. The summed E-state index contributed by atoms with van der Waals surface area (Å²) in [5.41, 5.74) is 3.26. The predicted octanol–water partition coefficient (Wildman–Crippen LogP) is 5.83. The molecule has 2 nitrogen and oxygen atoms in total. The minimum absolute atomic E-state index is 0.141. The van der Waals surface area contributed by atoms with Gasteiger partial charge in [-0.3, -0.25) is 4.98 Å². The molecule has 0 radical (unpaired) electrons. The Hall–Kier alpha value is -2.75. The van der Waals surface area contributed by atoms with Gasteiger partial charge >= 0.3 is 0 Å². The molecule has 1 aliphatic rings. The number of hydrogen-bond acceptors (Lipinski definition) is 2. The second-order valence-electron chi connectivity index (χ2n) is 6.68. The lowest BCUT2D eigenvalue weighted by molar-refractivity contribution is 0.393. The molecule has 0 bridgehead atoms. The van der Waals surface area contributed by atoms with Crippen LogP contribution in [0, 0.1) is 11.6 Å². The molecule has 4 rings (SSSR count). The first-order valence-electron chi connectivity index (χ1n) is 8.91. The fourth-order valence-electron chi connectivity index (χ4n) is 3.90. The van der Waals surface area contributed by atoms with E-state index >= 15 is 0 Å². The van der Waals surface area contributed by atoms with Crippen LogP contribution in [0.1, 0.15) is 42.5 Å². The van der Waals surface area contributed by atoms with Gasteiger partial charge in [0.05, 0.1) is 12.1 Å². The van der Waals surface area contributed by atoms with Crippen molar-refractivity contribution in [1.29, 1.82) is 0 Å². The van der Waals surface area contributed by atoms with Crippen LogP contribution in [0.4, 0.5) is 14.5 Å². The molecule has 4 heteroatoms. The molecule has 1 fully saturated rings. The van der Waals surface area contributed by atoms with E-state index in [1.54, 1.807) is 12.4 Å². The summed E-state index contributed by atoms with van der Waals surface area (Å²) in [5, 5.41) is 0. The van der Waals surface area contributed by atoms with Crippen LogP contribution in [0.15, 0.2) is 73.1 Å². The summed E-state index contributed by atoms with van der Waals surface area (Å²) in [6.07, 6.45) is 6.61. The van der Waals surface area contributed by atoms with Gasteiger partial charge in [0.2, 0.25) is 0 Å². The van der Waals surface area contributed by atoms with Crippen molar-refractivity contribution in [1.82, 2.24) is 4.98 Å². The van der Waals surface area contributed by atoms with E-state index in [-0.39, 0.29) is 23.7 Å². The molecule has 0 aliphatic carbocycles. The Balaban J connectivity index is 1.77. The van der Waals surface area contributed by atoms with Gasteiger partial charge < -0.3 is 4.90 Å². The molecule has 26 heavy (non-hydrogen) atoms. The first kappa shape index (κ1) is 16.7. The number of hydrogen-bond donors (Lipinski definition) is 0. The van der Waals surface area contributed by atoms with E-state index < -0.39 is 0 Å². The van der Waals surface area contributed by atoms with E-state index in [2.05, 4.69) is 9.88 Å². The van der Waals surface area contributed by atoms with Gasteiger partial charge in [0, 0.05) is 18.1 Å². The molecule has 132 valence electrons. The third-order valence-corrected chi connectivity index (χ3v) is 5.10. The van der Waals surface area contributed by atoms with Gasteiger partial charge in [-0.2, -0.15) is 0 Å². The zero-order valence-electron chi connectivity index (χ0n) is 14.4. The molecule has 2 heterocycles. The molecular weight excluding hydrogens is 330 g/mol. The molecule has 2 aromatic carbocycles. The van der Waals surface area contributed by atoms with E-state index in [4.69, 9.17) is 0 Å². The van der Waals surface area contributed by atoms with Crippen molar-refractivity contribution in [3.8, 4) is 0 Å². The predicted molar refractivity (Wildman–Crippen MR) is 98.8 cm³/mol. The van der Waals surface area contributed by atoms with Gasteiger partial charge in [0.1, 0.15) is 11.6 Å². The van der Waals surface area contributed by atoms with Crippen LogP contribution in [-0.2, 0) is 0 Å². The smallest absolute Gasteiger partial charge is 0.123 e. The molecule has 1 aliphatic heterocycles. The van der Waals surface area contributed by atoms with Crippen molar-refractivity contribution in [2.45, 2.75) is 31.3 Å². The number of rotatable bonds is 3. The molecule has 0 N–H and O–H groups in total. The first-order valence-corrected chi connectivity index (χ1v) is 8.91. The molecule has 1 saturated heterocycles. The van der Waals surface area contributed by atoms with Gasteiger partial charge in [0.15, 0.2) is 0 Å². The van der Waals surface area contributed by atoms with Crippen LogP contribution in [0.2, 0.25) is 0 Å². The zero-order chi connectivity index (χ0) is 17.9. The van der Waals surface area contributed by atoms with Crippen LogP contribution in [0.5, 0.6) is 0 Å². The molecule has 0 amide bonds. The highest BCUT2D eigenvalue weighted by atomic mass is 19.1. The summed E-state index contributed by atoms with van der Waals surface area (Å²) in [5.74, 6) is -0.454. The molecule has 2 atom stereocenters. The topological polar surface area (TPSA) is 16.1 Å². The molecule has 0 spiro atoms. The Morgan fingerprint density at radius 1 is 0.692 bits per heavy atom. The zero-order valence-corrected chi connectivity index (χ0v) is 14.4. The standard InChI is InChI=1S/C22H20F2N2/c23-18-8-4-16(5-9-18)21-2-1-3-22(17-6-10-19(24)11-7-17)26(21)20-12-14-25-15-13-20/h4-15,21-22H,1-3H2. The maximum absolute atomic E-state index is 13.4. The quantitative estimate of drug-likeness (QED) is 0.590. The van der Waals surface area contributed by atoms with Crippen molar-refractivity contribution < 1.29 is 8.78 Å². The van der Waals surface area contributed by atoms with Crippen LogP contribution in [0.25, 0.3) is 0 Å².